The number of aromatic nitrogens is 3. The van der Waals surface area contributed by atoms with Crippen molar-refractivity contribution < 1.29 is 0 Å². The van der Waals surface area contributed by atoms with Crippen LogP contribution in [0.5, 0.6) is 0 Å². The van der Waals surface area contributed by atoms with Crippen molar-refractivity contribution in [2.45, 2.75) is 0 Å². The predicted molar refractivity (Wildman–Crippen MR) is 50.5 cm³/mol. The number of nitriles is 1. The first-order chi connectivity index (χ1) is 6.81. The summed E-state index contributed by atoms with van der Waals surface area (Å²) in [4.78, 5) is 4.05. The van der Waals surface area contributed by atoms with Crippen molar-refractivity contribution in [2.75, 3.05) is 5.73 Å². The third-order valence-electron chi connectivity index (χ3n) is 1.76. The van der Waals surface area contributed by atoms with Gasteiger partial charge >= 0.3 is 0 Å². The van der Waals surface area contributed by atoms with Gasteiger partial charge in [-0.25, -0.2) is 9.67 Å². The molecular weight excluding hydrogens is 178 g/mol. The maximum Gasteiger partial charge on any atom is 0.165 e. The van der Waals surface area contributed by atoms with E-state index in [0.29, 0.717) is 11.5 Å². The average molecular weight is 185 g/mol. The molecule has 0 unspecified atom stereocenters. The van der Waals surface area contributed by atoms with E-state index in [1.165, 1.54) is 0 Å². The second-order valence-electron chi connectivity index (χ2n) is 2.67. The normalized spacial score (nSPS) is 9.64. The predicted octanol–water partition coefficient (Wildman–Crippen LogP) is 0.721. The molecule has 0 aliphatic heterocycles. The quantitative estimate of drug-likeness (QED) is 0.709. The fraction of sp³-hybridized carbons (Fsp3) is 0. The van der Waals surface area contributed by atoms with Crippen molar-refractivity contribution in [1.82, 2.24) is 14.8 Å². The molecule has 5 nitrogen and oxygen atoms in total. The maximum absolute atomic E-state index is 8.72. The molecule has 5 heteroatoms. The molecule has 0 saturated carbocycles. The van der Waals surface area contributed by atoms with Crippen molar-refractivity contribution in [2.24, 2.45) is 0 Å². The minimum absolute atomic E-state index is 0.220. The molecular formula is C9H7N5. The molecule has 0 saturated heterocycles. The van der Waals surface area contributed by atoms with Gasteiger partial charge in [-0.3, -0.25) is 0 Å². The van der Waals surface area contributed by atoms with E-state index in [9.17, 15) is 0 Å². The Bertz CT molecular complexity index is 480. The highest BCUT2D eigenvalue weighted by Gasteiger charge is 2.03. The van der Waals surface area contributed by atoms with E-state index in [-0.39, 0.29) is 5.69 Å². The molecule has 2 heterocycles. The van der Waals surface area contributed by atoms with Crippen LogP contribution in [0, 0.1) is 11.3 Å². The van der Waals surface area contributed by atoms with Crippen LogP contribution in [-0.2, 0) is 0 Å². The van der Waals surface area contributed by atoms with Crippen molar-refractivity contribution in [3.8, 4) is 11.9 Å². The average Bonchev–Trinajstić information content (AvgIpc) is 2.71. The van der Waals surface area contributed by atoms with Gasteiger partial charge in [-0.1, -0.05) is 0 Å². The van der Waals surface area contributed by atoms with Gasteiger partial charge in [0.25, 0.3) is 0 Å². The van der Waals surface area contributed by atoms with Crippen LogP contribution in [0.2, 0.25) is 0 Å². The van der Waals surface area contributed by atoms with Crippen LogP contribution >= 0.6 is 0 Å². The van der Waals surface area contributed by atoms with Gasteiger partial charge in [0.1, 0.15) is 6.07 Å². The summed E-state index contributed by atoms with van der Waals surface area (Å²) in [5, 5.41) is 12.7. The molecule has 2 N–H and O–H groups in total. The molecule has 2 aromatic heterocycles. The molecule has 2 aromatic rings. The highest BCUT2D eigenvalue weighted by molar-refractivity contribution is 5.51. The summed E-state index contributed by atoms with van der Waals surface area (Å²) in [5.74, 6) is 0.584. The molecule has 0 atom stereocenters. The summed E-state index contributed by atoms with van der Waals surface area (Å²) in [6, 6.07) is 7.06. The van der Waals surface area contributed by atoms with Crippen molar-refractivity contribution in [3.63, 3.8) is 0 Å². The van der Waals surface area contributed by atoms with Crippen molar-refractivity contribution in [1.29, 1.82) is 5.26 Å². The Morgan fingerprint density at radius 3 is 2.93 bits per heavy atom. The second kappa shape index (κ2) is 3.18. The van der Waals surface area contributed by atoms with E-state index in [0.717, 1.165) is 0 Å². The Hall–Kier alpha value is -2.35. The van der Waals surface area contributed by atoms with Gasteiger partial charge in [-0.15, -0.1) is 0 Å². The second-order valence-corrected chi connectivity index (χ2v) is 2.67. The summed E-state index contributed by atoms with van der Waals surface area (Å²) in [7, 11) is 0. The third kappa shape index (κ3) is 1.29. The van der Waals surface area contributed by atoms with E-state index in [4.69, 9.17) is 11.0 Å². The lowest BCUT2D eigenvalue weighted by Crippen LogP contribution is -2.01. The van der Waals surface area contributed by atoms with Crippen LogP contribution in [0.3, 0.4) is 0 Å². The number of hydrogen-bond donors (Lipinski definition) is 1. The Labute approximate surface area is 80.4 Å². The zero-order chi connectivity index (χ0) is 9.97. The molecule has 0 aliphatic rings. The molecule has 0 spiro atoms. The fourth-order valence-corrected chi connectivity index (χ4v) is 1.08. The first-order valence-electron chi connectivity index (χ1n) is 3.98. The lowest BCUT2D eigenvalue weighted by atomic mass is 10.3. The standard InChI is InChI=1S/C9H7N5/c10-6-8-7(11)2-3-9(13-8)14-5-1-4-12-14/h1-5H,11H2. The van der Waals surface area contributed by atoms with E-state index in [2.05, 4.69) is 10.1 Å². The number of nitrogens with two attached hydrogens (primary N) is 1. The van der Waals surface area contributed by atoms with Crippen LogP contribution in [0.1, 0.15) is 5.69 Å². The number of nitrogens with zero attached hydrogens (tertiary/aromatic N) is 4. The monoisotopic (exact) mass is 185 g/mol. The summed E-state index contributed by atoms with van der Waals surface area (Å²) < 4.78 is 1.57. The van der Waals surface area contributed by atoms with Crippen LogP contribution in [0.25, 0.3) is 5.82 Å². The molecule has 0 aliphatic carbocycles. The summed E-state index contributed by atoms with van der Waals surface area (Å²) in [5.41, 5.74) is 6.14. The van der Waals surface area contributed by atoms with Gasteiger partial charge in [-0.05, 0) is 18.2 Å². The van der Waals surface area contributed by atoms with Gasteiger partial charge < -0.3 is 5.73 Å². The van der Waals surface area contributed by atoms with Gasteiger partial charge in [0.05, 0.1) is 5.69 Å². The minimum atomic E-state index is 0.220. The highest BCUT2D eigenvalue weighted by atomic mass is 15.3. The molecule has 0 aromatic carbocycles. The lowest BCUT2D eigenvalue weighted by molar-refractivity contribution is 0.845. The Morgan fingerprint density at radius 1 is 1.43 bits per heavy atom. The number of rotatable bonds is 1. The largest absolute Gasteiger partial charge is 0.396 e. The SMILES string of the molecule is N#Cc1nc(-n2cccn2)ccc1N. The number of hydrogen-bond acceptors (Lipinski definition) is 4. The van der Waals surface area contributed by atoms with Crippen LogP contribution in [-0.4, -0.2) is 14.8 Å². The van der Waals surface area contributed by atoms with E-state index < -0.39 is 0 Å². The van der Waals surface area contributed by atoms with Crippen LogP contribution < -0.4 is 5.73 Å². The first-order valence-corrected chi connectivity index (χ1v) is 3.98. The van der Waals surface area contributed by atoms with Gasteiger partial charge in [-0.2, -0.15) is 10.4 Å². The molecule has 14 heavy (non-hydrogen) atoms. The number of anilines is 1. The van der Waals surface area contributed by atoms with E-state index >= 15 is 0 Å². The highest BCUT2D eigenvalue weighted by Crippen LogP contribution is 2.10. The summed E-state index contributed by atoms with van der Waals surface area (Å²) in [6.07, 6.45) is 3.39. The molecule has 0 bridgehead atoms. The molecule has 0 radical (unpaired) electrons. The van der Waals surface area contributed by atoms with Crippen LogP contribution in [0.15, 0.2) is 30.6 Å². The van der Waals surface area contributed by atoms with Gasteiger partial charge in [0.2, 0.25) is 0 Å². The van der Waals surface area contributed by atoms with E-state index in [1.54, 1.807) is 35.3 Å². The third-order valence-corrected chi connectivity index (χ3v) is 1.76. The number of pyridine rings is 1. The molecule has 0 amide bonds. The minimum Gasteiger partial charge on any atom is -0.396 e. The smallest absolute Gasteiger partial charge is 0.165 e. The zero-order valence-corrected chi connectivity index (χ0v) is 7.25. The lowest BCUT2D eigenvalue weighted by Gasteiger charge is -2.01. The van der Waals surface area contributed by atoms with Gasteiger partial charge in [0.15, 0.2) is 11.5 Å². The summed E-state index contributed by atoms with van der Waals surface area (Å²) in [6.45, 7) is 0. The molecule has 68 valence electrons. The topological polar surface area (TPSA) is 80.5 Å². The Morgan fingerprint density at radius 2 is 2.29 bits per heavy atom. The zero-order valence-electron chi connectivity index (χ0n) is 7.25. The van der Waals surface area contributed by atoms with E-state index in [1.807, 2.05) is 6.07 Å². The Kier molecular flexibility index (Phi) is 1.88. The molecule has 0 fully saturated rings. The number of nitrogen functional groups attached to an aromatic ring is 1. The first kappa shape index (κ1) is 8.26. The van der Waals surface area contributed by atoms with Crippen LogP contribution in [0.4, 0.5) is 5.69 Å². The summed E-state index contributed by atoms with van der Waals surface area (Å²) >= 11 is 0. The molecule has 2 rings (SSSR count). The Balaban J connectivity index is 2.53. The maximum atomic E-state index is 8.72. The van der Waals surface area contributed by atoms with Crippen molar-refractivity contribution >= 4 is 5.69 Å². The van der Waals surface area contributed by atoms with Gasteiger partial charge in [0, 0.05) is 12.4 Å². The van der Waals surface area contributed by atoms with Crippen molar-refractivity contribution in [3.05, 3.63) is 36.3 Å². The fourth-order valence-electron chi connectivity index (χ4n) is 1.08.